The third-order valence-corrected chi connectivity index (χ3v) is 5.61. The summed E-state index contributed by atoms with van der Waals surface area (Å²) in [7, 11) is 1.53. The summed E-state index contributed by atoms with van der Waals surface area (Å²) in [5, 5.41) is 0. The summed E-state index contributed by atoms with van der Waals surface area (Å²) in [6, 6.07) is 13.0. The van der Waals surface area contributed by atoms with Gasteiger partial charge in [0.2, 0.25) is 5.91 Å². The minimum absolute atomic E-state index is 0.00319. The molecule has 8 nitrogen and oxygen atoms in total. The van der Waals surface area contributed by atoms with E-state index >= 15 is 0 Å². The number of methoxy groups -OCH3 is 1. The largest absolute Gasteiger partial charge is 0.497 e. The lowest BCUT2D eigenvalue weighted by molar-refractivity contribution is -0.147. The zero-order valence-corrected chi connectivity index (χ0v) is 19.5. The molecule has 0 saturated carbocycles. The molecule has 34 heavy (non-hydrogen) atoms. The summed E-state index contributed by atoms with van der Waals surface area (Å²) in [6.45, 7) is 2.20. The summed E-state index contributed by atoms with van der Waals surface area (Å²) in [5.74, 6) is -1.61. The summed E-state index contributed by atoms with van der Waals surface area (Å²) < 4.78 is 15.5. The number of carbonyl (C=O) groups excluding carboxylic acids is 4. The van der Waals surface area contributed by atoms with Crippen LogP contribution in [0.4, 0.5) is 5.69 Å². The molecule has 0 aromatic heterocycles. The first-order valence-corrected chi connectivity index (χ1v) is 11.3. The highest BCUT2D eigenvalue weighted by Gasteiger charge is 2.36. The van der Waals surface area contributed by atoms with Gasteiger partial charge < -0.3 is 19.1 Å². The minimum Gasteiger partial charge on any atom is -0.497 e. The van der Waals surface area contributed by atoms with Crippen LogP contribution >= 0.6 is 0 Å². The van der Waals surface area contributed by atoms with Crippen molar-refractivity contribution in [2.45, 2.75) is 32.6 Å². The van der Waals surface area contributed by atoms with E-state index in [9.17, 15) is 19.2 Å². The molecule has 1 fully saturated rings. The van der Waals surface area contributed by atoms with Crippen molar-refractivity contribution >= 4 is 29.3 Å². The maximum Gasteiger partial charge on any atom is 0.338 e. The molecule has 3 rings (SSSR count). The van der Waals surface area contributed by atoms with Crippen LogP contribution in [0.5, 0.6) is 5.75 Å². The molecule has 1 amide bonds. The number of amides is 1. The number of unbranched alkanes of at least 4 members (excludes halogenated alkanes) is 2. The predicted octanol–water partition coefficient (Wildman–Crippen LogP) is 3.82. The van der Waals surface area contributed by atoms with E-state index in [0.29, 0.717) is 29.2 Å². The van der Waals surface area contributed by atoms with Crippen LogP contribution in [-0.2, 0) is 19.1 Å². The normalized spacial score (nSPS) is 15.2. The molecule has 0 spiro atoms. The van der Waals surface area contributed by atoms with Gasteiger partial charge in [0.05, 0.1) is 25.2 Å². The van der Waals surface area contributed by atoms with Gasteiger partial charge in [-0.05, 0) is 55.0 Å². The van der Waals surface area contributed by atoms with Crippen LogP contribution in [-0.4, -0.2) is 50.5 Å². The van der Waals surface area contributed by atoms with Crippen LogP contribution in [0.3, 0.4) is 0 Å². The molecule has 1 aliphatic rings. The van der Waals surface area contributed by atoms with Gasteiger partial charge in [0.15, 0.2) is 12.4 Å². The number of hydrogen-bond donors (Lipinski definition) is 0. The van der Waals surface area contributed by atoms with Gasteiger partial charge in [-0.3, -0.25) is 14.4 Å². The van der Waals surface area contributed by atoms with E-state index in [-0.39, 0.29) is 24.7 Å². The number of benzene rings is 2. The van der Waals surface area contributed by atoms with E-state index in [2.05, 4.69) is 6.92 Å². The molecule has 0 N–H and O–H groups in total. The van der Waals surface area contributed by atoms with Crippen molar-refractivity contribution in [3.63, 3.8) is 0 Å². The molecule has 0 bridgehead atoms. The maximum absolute atomic E-state index is 12.5. The molecule has 1 atom stereocenters. The lowest BCUT2D eigenvalue weighted by atomic mass is 10.1. The van der Waals surface area contributed by atoms with E-state index in [1.54, 1.807) is 48.5 Å². The maximum atomic E-state index is 12.5. The van der Waals surface area contributed by atoms with Crippen molar-refractivity contribution in [1.82, 2.24) is 0 Å². The standard InChI is InChI=1S/C26H29NO7/c1-3-4-5-14-33-25(30)19-6-10-21(11-7-19)27-16-20(15-24(27)29)26(31)34-17-23(28)18-8-12-22(32-2)13-9-18/h6-13,20H,3-5,14-17H2,1-2H3/t20-/m0/s1. The Labute approximate surface area is 198 Å². The van der Waals surface area contributed by atoms with E-state index in [4.69, 9.17) is 14.2 Å². The van der Waals surface area contributed by atoms with Crippen molar-refractivity contribution in [1.29, 1.82) is 0 Å². The molecule has 0 aliphatic carbocycles. The summed E-state index contributed by atoms with van der Waals surface area (Å²) in [4.78, 5) is 50.8. The van der Waals surface area contributed by atoms with Gasteiger partial charge >= 0.3 is 11.9 Å². The van der Waals surface area contributed by atoms with E-state index in [0.717, 1.165) is 19.3 Å². The lowest BCUT2D eigenvalue weighted by Crippen LogP contribution is -2.27. The molecule has 1 heterocycles. The number of carbonyl (C=O) groups is 4. The number of hydrogen-bond acceptors (Lipinski definition) is 7. The predicted molar refractivity (Wildman–Crippen MR) is 125 cm³/mol. The summed E-state index contributed by atoms with van der Waals surface area (Å²) >= 11 is 0. The Hall–Kier alpha value is -3.68. The monoisotopic (exact) mass is 467 g/mol. The first kappa shape index (κ1) is 25.0. The Kier molecular flexibility index (Phi) is 8.79. The van der Waals surface area contributed by atoms with Crippen LogP contribution in [0.1, 0.15) is 53.3 Å². The Morgan fingerprint density at radius 2 is 1.62 bits per heavy atom. The number of Topliss-reactive ketones (excluding diaryl/α,β-unsaturated/α-hetero) is 1. The molecule has 1 aliphatic heterocycles. The molecular weight excluding hydrogens is 438 g/mol. The molecule has 2 aromatic rings. The summed E-state index contributed by atoms with van der Waals surface area (Å²) in [5.41, 5.74) is 1.39. The van der Waals surface area contributed by atoms with Gasteiger partial charge in [0.25, 0.3) is 0 Å². The van der Waals surface area contributed by atoms with Crippen molar-refractivity contribution in [2.24, 2.45) is 5.92 Å². The molecular formula is C26H29NO7. The second kappa shape index (κ2) is 12.0. The highest BCUT2D eigenvalue weighted by molar-refractivity contribution is 6.01. The van der Waals surface area contributed by atoms with Gasteiger partial charge in [-0.15, -0.1) is 0 Å². The van der Waals surface area contributed by atoms with Crippen LogP contribution in [0.2, 0.25) is 0 Å². The van der Waals surface area contributed by atoms with Gasteiger partial charge in [-0.2, -0.15) is 0 Å². The zero-order valence-electron chi connectivity index (χ0n) is 19.5. The SMILES string of the molecule is CCCCCOC(=O)c1ccc(N2C[C@@H](C(=O)OCC(=O)c3ccc(OC)cc3)CC2=O)cc1. The van der Waals surface area contributed by atoms with E-state index in [1.807, 2.05) is 0 Å². The van der Waals surface area contributed by atoms with Gasteiger partial charge in [-0.25, -0.2) is 4.79 Å². The molecule has 180 valence electrons. The van der Waals surface area contributed by atoms with Crippen molar-refractivity contribution in [3.05, 3.63) is 59.7 Å². The van der Waals surface area contributed by atoms with Crippen LogP contribution in [0, 0.1) is 5.92 Å². The number of rotatable bonds is 11. The average Bonchev–Trinajstić information content (AvgIpc) is 3.26. The topological polar surface area (TPSA) is 99.2 Å². The number of nitrogens with zero attached hydrogens (tertiary/aromatic N) is 1. The van der Waals surface area contributed by atoms with E-state index in [1.165, 1.54) is 12.0 Å². The molecule has 2 aromatic carbocycles. The second-order valence-corrected chi connectivity index (χ2v) is 8.05. The first-order chi connectivity index (χ1) is 16.4. The Morgan fingerprint density at radius 3 is 2.26 bits per heavy atom. The fourth-order valence-electron chi connectivity index (χ4n) is 3.61. The number of ether oxygens (including phenoxy) is 3. The highest BCUT2D eigenvalue weighted by Crippen LogP contribution is 2.26. The van der Waals surface area contributed by atoms with E-state index < -0.39 is 24.5 Å². The average molecular weight is 468 g/mol. The van der Waals surface area contributed by atoms with Crippen LogP contribution in [0.25, 0.3) is 0 Å². The quantitative estimate of drug-likeness (QED) is 0.281. The minimum atomic E-state index is -0.667. The highest BCUT2D eigenvalue weighted by atomic mass is 16.5. The van der Waals surface area contributed by atoms with Crippen molar-refractivity contribution < 1.29 is 33.4 Å². The zero-order chi connectivity index (χ0) is 24.5. The number of anilines is 1. The van der Waals surface area contributed by atoms with Crippen LogP contribution in [0.15, 0.2) is 48.5 Å². The molecule has 0 unspecified atom stereocenters. The van der Waals surface area contributed by atoms with Crippen molar-refractivity contribution in [3.8, 4) is 5.75 Å². The number of esters is 2. The molecule has 0 radical (unpaired) electrons. The van der Waals surface area contributed by atoms with Gasteiger partial charge in [0, 0.05) is 24.2 Å². The second-order valence-electron chi connectivity index (χ2n) is 8.05. The van der Waals surface area contributed by atoms with Gasteiger partial charge in [0.1, 0.15) is 5.75 Å². The van der Waals surface area contributed by atoms with Crippen LogP contribution < -0.4 is 9.64 Å². The Balaban J connectivity index is 1.51. The first-order valence-electron chi connectivity index (χ1n) is 11.3. The Bertz CT molecular complexity index is 1010. The Morgan fingerprint density at radius 1 is 0.941 bits per heavy atom. The fraction of sp³-hybridized carbons (Fsp3) is 0.385. The van der Waals surface area contributed by atoms with Gasteiger partial charge in [-0.1, -0.05) is 19.8 Å². The smallest absolute Gasteiger partial charge is 0.338 e. The fourth-order valence-corrected chi connectivity index (χ4v) is 3.61. The third-order valence-electron chi connectivity index (χ3n) is 5.61. The summed E-state index contributed by atoms with van der Waals surface area (Å²) in [6.07, 6.45) is 2.87. The lowest BCUT2D eigenvalue weighted by Gasteiger charge is -2.17. The van der Waals surface area contributed by atoms with Crippen molar-refractivity contribution in [2.75, 3.05) is 31.8 Å². The third kappa shape index (κ3) is 6.43. The molecule has 1 saturated heterocycles. The molecule has 8 heteroatoms. The number of ketones is 1.